The zero-order valence-electron chi connectivity index (χ0n) is 16.5. The number of nitrogens with one attached hydrogen (secondary N) is 1. The maximum Gasteiger partial charge on any atom is 0.338 e. The van der Waals surface area contributed by atoms with E-state index in [9.17, 15) is 9.59 Å². The third-order valence-electron chi connectivity index (χ3n) is 4.27. The highest BCUT2D eigenvalue weighted by molar-refractivity contribution is 6.44. The monoisotopic (exact) mass is 482 g/mol. The van der Waals surface area contributed by atoms with Gasteiger partial charge in [-0.1, -0.05) is 40.0 Å². The zero-order valence-corrected chi connectivity index (χ0v) is 18.8. The van der Waals surface area contributed by atoms with Gasteiger partial charge in [0, 0.05) is 0 Å². The second kappa shape index (κ2) is 10.0. The number of aromatic nitrogens is 1. The van der Waals surface area contributed by atoms with Gasteiger partial charge in [-0.05, 0) is 50.2 Å². The Morgan fingerprint density at radius 2 is 1.71 bits per heavy atom. The number of ether oxygens (including phenoxy) is 2. The van der Waals surface area contributed by atoms with Gasteiger partial charge in [0.15, 0.2) is 6.61 Å². The molecule has 1 N–H and O–H groups in total. The highest BCUT2D eigenvalue weighted by atomic mass is 35.5. The van der Waals surface area contributed by atoms with Gasteiger partial charge in [0.2, 0.25) is 0 Å². The van der Waals surface area contributed by atoms with Crippen molar-refractivity contribution in [2.75, 3.05) is 11.9 Å². The summed E-state index contributed by atoms with van der Waals surface area (Å²) in [6.45, 7) is 3.44. The van der Waals surface area contributed by atoms with Crippen LogP contribution in [0.3, 0.4) is 0 Å². The maximum atomic E-state index is 12.2. The molecule has 3 rings (SSSR count). The first-order chi connectivity index (χ1) is 14.7. The number of aryl methyl sites for hydroxylation is 2. The van der Waals surface area contributed by atoms with Crippen LogP contribution in [0.1, 0.15) is 27.4 Å². The molecule has 1 amide bonds. The second-order valence-corrected chi connectivity index (χ2v) is 7.71. The molecule has 0 saturated heterocycles. The molecule has 31 heavy (non-hydrogen) atoms. The van der Waals surface area contributed by atoms with Crippen molar-refractivity contribution in [1.29, 1.82) is 0 Å². The summed E-state index contributed by atoms with van der Waals surface area (Å²) in [5.74, 6) is 0.0161. The molecular weight excluding hydrogens is 467 g/mol. The average molecular weight is 484 g/mol. The molecule has 10 heteroatoms. The van der Waals surface area contributed by atoms with Crippen LogP contribution in [0.4, 0.5) is 5.69 Å². The molecule has 0 fully saturated rings. The molecule has 1 heterocycles. The quantitative estimate of drug-likeness (QED) is 0.346. The van der Waals surface area contributed by atoms with Gasteiger partial charge in [-0.3, -0.25) is 4.79 Å². The molecule has 0 saturated carbocycles. The number of carbonyl (C=O) groups is 2. The van der Waals surface area contributed by atoms with Crippen molar-refractivity contribution in [3.05, 3.63) is 74.0 Å². The van der Waals surface area contributed by atoms with E-state index in [0.29, 0.717) is 18.1 Å². The number of carbonyl (C=O) groups excluding carboxylic acids is 2. The van der Waals surface area contributed by atoms with E-state index in [4.69, 9.17) is 48.8 Å². The summed E-state index contributed by atoms with van der Waals surface area (Å²) in [7, 11) is 0. The lowest BCUT2D eigenvalue weighted by Gasteiger charge is -2.10. The Morgan fingerprint density at radius 3 is 2.35 bits per heavy atom. The van der Waals surface area contributed by atoms with Gasteiger partial charge in [-0.2, -0.15) is 0 Å². The van der Waals surface area contributed by atoms with Crippen LogP contribution in [0.15, 0.2) is 40.9 Å². The minimum absolute atomic E-state index is 0.209. The number of hydrogen-bond acceptors (Lipinski definition) is 6. The molecule has 3 aromatic rings. The summed E-state index contributed by atoms with van der Waals surface area (Å²) in [5, 5.41) is 7.08. The molecule has 0 unspecified atom stereocenters. The van der Waals surface area contributed by atoms with Gasteiger partial charge < -0.3 is 19.3 Å². The molecule has 0 atom stereocenters. The summed E-state index contributed by atoms with van der Waals surface area (Å²) in [6, 6.07) is 9.15. The SMILES string of the molecule is Cc1noc(C)c1COc1ccc(C(=O)OCC(=O)Nc2cc(Cl)c(Cl)cc2Cl)cc1. The van der Waals surface area contributed by atoms with Crippen LogP contribution in [0.25, 0.3) is 0 Å². The molecule has 162 valence electrons. The predicted octanol–water partition coefficient (Wildman–Crippen LogP) is 5.63. The summed E-state index contributed by atoms with van der Waals surface area (Å²) in [5.41, 5.74) is 2.16. The Kier molecular flexibility index (Phi) is 7.43. The lowest BCUT2D eigenvalue weighted by atomic mass is 10.2. The summed E-state index contributed by atoms with van der Waals surface area (Å²) >= 11 is 17.8. The van der Waals surface area contributed by atoms with Crippen LogP contribution in [0, 0.1) is 13.8 Å². The fourth-order valence-electron chi connectivity index (χ4n) is 2.57. The Bertz CT molecular complexity index is 1090. The topological polar surface area (TPSA) is 90.7 Å². The van der Waals surface area contributed by atoms with Crippen molar-refractivity contribution < 1.29 is 23.6 Å². The first-order valence-corrected chi connectivity index (χ1v) is 10.1. The van der Waals surface area contributed by atoms with Crippen molar-refractivity contribution in [2.24, 2.45) is 0 Å². The maximum absolute atomic E-state index is 12.2. The third-order valence-corrected chi connectivity index (χ3v) is 5.31. The van der Waals surface area contributed by atoms with E-state index in [1.807, 2.05) is 13.8 Å². The first-order valence-electron chi connectivity index (χ1n) is 9.00. The zero-order chi connectivity index (χ0) is 22.5. The molecule has 0 aliphatic carbocycles. The van der Waals surface area contributed by atoms with Gasteiger partial charge in [0.1, 0.15) is 18.1 Å². The van der Waals surface area contributed by atoms with Crippen LogP contribution >= 0.6 is 34.8 Å². The van der Waals surface area contributed by atoms with Crippen LogP contribution < -0.4 is 10.1 Å². The average Bonchev–Trinajstić information content (AvgIpc) is 3.06. The molecule has 0 spiro atoms. The minimum atomic E-state index is -0.660. The number of halogens is 3. The third kappa shape index (κ3) is 5.91. The molecule has 0 aliphatic heterocycles. The smallest absolute Gasteiger partial charge is 0.338 e. The van der Waals surface area contributed by atoms with Crippen molar-refractivity contribution >= 4 is 52.4 Å². The highest BCUT2D eigenvalue weighted by Gasteiger charge is 2.14. The number of benzene rings is 2. The molecule has 7 nitrogen and oxygen atoms in total. The van der Waals surface area contributed by atoms with Crippen LogP contribution in [0.5, 0.6) is 5.75 Å². The summed E-state index contributed by atoms with van der Waals surface area (Å²) in [4.78, 5) is 24.2. The van der Waals surface area contributed by atoms with Crippen LogP contribution in [0.2, 0.25) is 15.1 Å². The number of rotatable bonds is 7. The van der Waals surface area contributed by atoms with Crippen LogP contribution in [-0.4, -0.2) is 23.6 Å². The molecule has 0 bridgehead atoms. The second-order valence-electron chi connectivity index (χ2n) is 6.49. The Labute approximate surface area is 193 Å². The number of hydrogen-bond donors (Lipinski definition) is 1. The van der Waals surface area contributed by atoms with E-state index < -0.39 is 18.5 Å². The highest BCUT2D eigenvalue weighted by Crippen LogP contribution is 2.32. The molecule has 1 aromatic heterocycles. The van der Waals surface area contributed by atoms with Gasteiger partial charge in [-0.25, -0.2) is 4.79 Å². The van der Waals surface area contributed by atoms with Gasteiger partial charge in [0.25, 0.3) is 5.91 Å². The van der Waals surface area contributed by atoms with Crippen molar-refractivity contribution in [3.8, 4) is 5.75 Å². The standard InChI is InChI=1S/C21H17Cl3N2O5/c1-11-15(12(2)31-26-11)9-29-14-5-3-13(4-6-14)21(28)30-10-20(27)25-19-8-17(23)16(22)7-18(19)24/h3-8H,9-10H2,1-2H3,(H,25,27). The van der Waals surface area contributed by atoms with E-state index in [1.54, 1.807) is 24.3 Å². The van der Waals surface area contributed by atoms with Gasteiger partial charge in [0.05, 0.1) is 37.6 Å². The fraction of sp³-hybridized carbons (Fsp3) is 0.190. The number of nitrogens with zero attached hydrogens (tertiary/aromatic N) is 1. The molecule has 2 aromatic carbocycles. The lowest BCUT2D eigenvalue weighted by Crippen LogP contribution is -2.21. The normalized spacial score (nSPS) is 10.6. The number of esters is 1. The first kappa shape index (κ1) is 22.9. The van der Waals surface area contributed by atoms with Crippen molar-refractivity contribution in [1.82, 2.24) is 5.16 Å². The Morgan fingerprint density at radius 1 is 1.03 bits per heavy atom. The Hall–Kier alpha value is -2.74. The number of amides is 1. The number of anilines is 1. The fourth-order valence-corrected chi connectivity index (χ4v) is 3.16. The van der Waals surface area contributed by atoms with E-state index in [0.717, 1.165) is 11.3 Å². The summed E-state index contributed by atoms with van der Waals surface area (Å²) in [6.07, 6.45) is 0. The van der Waals surface area contributed by atoms with E-state index in [1.165, 1.54) is 12.1 Å². The molecule has 0 radical (unpaired) electrons. The molecular formula is C21H17Cl3N2O5. The van der Waals surface area contributed by atoms with Crippen molar-refractivity contribution in [3.63, 3.8) is 0 Å². The largest absolute Gasteiger partial charge is 0.489 e. The predicted molar refractivity (Wildman–Crippen MR) is 117 cm³/mol. The van der Waals surface area contributed by atoms with E-state index in [-0.39, 0.29) is 26.3 Å². The van der Waals surface area contributed by atoms with Crippen molar-refractivity contribution in [2.45, 2.75) is 20.5 Å². The Balaban J connectivity index is 1.51. The molecule has 0 aliphatic rings. The lowest BCUT2D eigenvalue weighted by molar-refractivity contribution is -0.119. The van der Waals surface area contributed by atoms with E-state index in [2.05, 4.69) is 10.5 Å². The van der Waals surface area contributed by atoms with Gasteiger partial charge in [-0.15, -0.1) is 0 Å². The minimum Gasteiger partial charge on any atom is -0.489 e. The van der Waals surface area contributed by atoms with Gasteiger partial charge >= 0.3 is 5.97 Å². The van der Waals surface area contributed by atoms with E-state index >= 15 is 0 Å². The summed E-state index contributed by atoms with van der Waals surface area (Å²) < 4.78 is 15.8. The van der Waals surface area contributed by atoms with Crippen LogP contribution in [-0.2, 0) is 16.1 Å².